The maximum Gasteiger partial charge on any atom is 0.178 e. The summed E-state index contributed by atoms with van der Waals surface area (Å²) < 4.78 is 8.00. The highest BCUT2D eigenvalue weighted by molar-refractivity contribution is 7.71. The van der Waals surface area contributed by atoms with Crippen LogP contribution in [-0.4, -0.2) is 23.3 Å². The summed E-state index contributed by atoms with van der Waals surface area (Å²) >= 11 is 11.3. The number of methoxy groups -OCH3 is 1. The van der Waals surface area contributed by atoms with Crippen molar-refractivity contribution in [3.8, 4) is 0 Å². The SMILES string of the molecule is COCC(C)(C)n1c(=S)[nH]c2cc(Cl)ccc21. The van der Waals surface area contributed by atoms with Gasteiger partial charge in [0.1, 0.15) is 0 Å². The van der Waals surface area contributed by atoms with Gasteiger partial charge in [-0.05, 0) is 44.3 Å². The minimum absolute atomic E-state index is 0.197. The lowest BCUT2D eigenvalue weighted by atomic mass is 10.1. The largest absolute Gasteiger partial charge is 0.382 e. The van der Waals surface area contributed by atoms with Gasteiger partial charge in [-0.2, -0.15) is 0 Å². The van der Waals surface area contributed by atoms with E-state index in [1.165, 1.54) is 0 Å². The van der Waals surface area contributed by atoms with Crippen molar-refractivity contribution in [2.24, 2.45) is 0 Å². The van der Waals surface area contributed by atoms with Crippen LogP contribution in [0.25, 0.3) is 11.0 Å². The number of benzene rings is 1. The average Bonchev–Trinajstić information content (AvgIpc) is 2.53. The van der Waals surface area contributed by atoms with Crippen molar-refractivity contribution in [1.82, 2.24) is 9.55 Å². The van der Waals surface area contributed by atoms with Crippen molar-refractivity contribution < 1.29 is 4.74 Å². The number of imidazole rings is 1. The summed E-state index contributed by atoms with van der Waals surface area (Å²) in [6.07, 6.45) is 0. The van der Waals surface area contributed by atoms with Crippen LogP contribution in [0.15, 0.2) is 18.2 Å². The number of halogens is 1. The van der Waals surface area contributed by atoms with Crippen LogP contribution < -0.4 is 0 Å². The summed E-state index contributed by atoms with van der Waals surface area (Å²) in [5.41, 5.74) is 1.80. The first-order chi connectivity index (χ1) is 7.95. The van der Waals surface area contributed by atoms with Gasteiger partial charge in [-0.1, -0.05) is 11.6 Å². The molecule has 0 aliphatic rings. The topological polar surface area (TPSA) is 29.9 Å². The van der Waals surface area contributed by atoms with Gasteiger partial charge in [0.15, 0.2) is 4.77 Å². The Morgan fingerprint density at radius 1 is 1.47 bits per heavy atom. The van der Waals surface area contributed by atoms with Crippen LogP contribution in [0.4, 0.5) is 0 Å². The lowest BCUT2D eigenvalue weighted by molar-refractivity contribution is 0.111. The molecule has 0 aliphatic carbocycles. The van der Waals surface area contributed by atoms with E-state index in [0.29, 0.717) is 16.4 Å². The lowest BCUT2D eigenvalue weighted by Gasteiger charge is -2.26. The molecular weight excluding hydrogens is 256 g/mol. The van der Waals surface area contributed by atoms with Crippen molar-refractivity contribution >= 4 is 34.9 Å². The Morgan fingerprint density at radius 2 is 2.18 bits per heavy atom. The molecule has 0 fully saturated rings. The number of fused-ring (bicyclic) bond motifs is 1. The molecule has 0 spiro atoms. The molecule has 0 bridgehead atoms. The van der Waals surface area contributed by atoms with Gasteiger partial charge in [0.2, 0.25) is 0 Å². The van der Waals surface area contributed by atoms with Gasteiger partial charge in [-0.15, -0.1) is 0 Å². The summed E-state index contributed by atoms with van der Waals surface area (Å²) in [6, 6.07) is 5.72. The van der Waals surface area contributed by atoms with E-state index >= 15 is 0 Å². The molecular formula is C12H15ClN2OS. The zero-order chi connectivity index (χ0) is 12.6. The van der Waals surface area contributed by atoms with Crippen molar-refractivity contribution in [3.63, 3.8) is 0 Å². The lowest BCUT2D eigenvalue weighted by Crippen LogP contribution is -2.31. The second-order valence-corrected chi connectivity index (χ2v) is 5.50. The van der Waals surface area contributed by atoms with E-state index in [1.54, 1.807) is 7.11 Å². The molecule has 0 aliphatic heterocycles. The number of nitrogens with one attached hydrogen (secondary N) is 1. The third kappa shape index (κ3) is 2.25. The Bertz CT molecular complexity index is 600. The first-order valence-corrected chi connectivity index (χ1v) is 6.14. The predicted molar refractivity (Wildman–Crippen MR) is 73.3 cm³/mol. The Balaban J connectivity index is 2.69. The Morgan fingerprint density at radius 3 is 2.82 bits per heavy atom. The van der Waals surface area contributed by atoms with Crippen molar-refractivity contribution in [3.05, 3.63) is 28.0 Å². The first kappa shape index (κ1) is 12.6. The standard InChI is InChI=1S/C12H15ClN2OS/c1-12(2,7-16-3)15-10-5-4-8(13)6-9(10)14-11(15)17/h4-6H,7H2,1-3H3,(H,14,17). The number of H-pyrrole nitrogens is 1. The molecule has 17 heavy (non-hydrogen) atoms. The molecule has 2 aromatic rings. The molecule has 3 nitrogen and oxygen atoms in total. The number of hydrogen-bond acceptors (Lipinski definition) is 2. The molecule has 2 rings (SSSR count). The highest BCUT2D eigenvalue weighted by atomic mass is 35.5. The molecule has 0 amide bonds. The van der Waals surface area contributed by atoms with E-state index in [1.807, 2.05) is 18.2 Å². The number of aromatic amines is 1. The van der Waals surface area contributed by atoms with Crippen molar-refractivity contribution in [2.45, 2.75) is 19.4 Å². The summed E-state index contributed by atoms with van der Waals surface area (Å²) in [5.74, 6) is 0. The molecule has 1 heterocycles. The molecule has 0 unspecified atom stereocenters. The molecule has 1 aromatic carbocycles. The third-order valence-electron chi connectivity index (χ3n) is 2.75. The van der Waals surface area contributed by atoms with Gasteiger partial charge in [-0.3, -0.25) is 0 Å². The predicted octanol–water partition coefficient (Wildman–Crippen LogP) is 3.73. The molecule has 0 saturated carbocycles. The number of nitrogens with zero attached hydrogens (tertiary/aromatic N) is 1. The zero-order valence-corrected chi connectivity index (χ0v) is 11.7. The minimum atomic E-state index is -0.197. The second-order valence-electron chi connectivity index (χ2n) is 4.67. The van der Waals surface area contributed by atoms with Crippen LogP contribution in [0, 0.1) is 4.77 Å². The molecule has 0 atom stereocenters. The quantitative estimate of drug-likeness (QED) is 0.862. The van der Waals surface area contributed by atoms with Gasteiger partial charge in [0.05, 0.1) is 23.2 Å². The molecule has 1 aromatic heterocycles. The van der Waals surface area contributed by atoms with E-state index < -0.39 is 0 Å². The fourth-order valence-electron chi connectivity index (χ4n) is 2.10. The number of rotatable bonds is 3. The second kappa shape index (κ2) is 4.44. The maximum atomic E-state index is 5.97. The van der Waals surface area contributed by atoms with Gasteiger partial charge >= 0.3 is 0 Å². The van der Waals surface area contributed by atoms with Gasteiger partial charge in [0.25, 0.3) is 0 Å². The summed E-state index contributed by atoms with van der Waals surface area (Å²) in [7, 11) is 1.69. The van der Waals surface area contributed by atoms with Crippen LogP contribution in [0.1, 0.15) is 13.8 Å². The van der Waals surface area contributed by atoms with Crippen LogP contribution in [-0.2, 0) is 10.3 Å². The van der Waals surface area contributed by atoms with Crippen LogP contribution >= 0.6 is 23.8 Å². The molecule has 1 N–H and O–H groups in total. The maximum absolute atomic E-state index is 5.97. The summed E-state index contributed by atoms with van der Waals surface area (Å²) in [6.45, 7) is 4.78. The normalized spacial score (nSPS) is 12.2. The summed E-state index contributed by atoms with van der Waals surface area (Å²) in [4.78, 5) is 3.17. The Hall–Kier alpha value is -0.840. The first-order valence-electron chi connectivity index (χ1n) is 5.35. The summed E-state index contributed by atoms with van der Waals surface area (Å²) in [5, 5.41) is 0.699. The van der Waals surface area contributed by atoms with Gasteiger partial charge in [-0.25, -0.2) is 0 Å². The fraction of sp³-hybridized carbons (Fsp3) is 0.417. The number of aromatic nitrogens is 2. The van der Waals surface area contributed by atoms with Crippen LogP contribution in [0.5, 0.6) is 0 Å². The van der Waals surface area contributed by atoms with E-state index in [2.05, 4.69) is 23.4 Å². The smallest absolute Gasteiger partial charge is 0.178 e. The Kier molecular flexibility index (Phi) is 3.30. The average molecular weight is 271 g/mol. The van der Waals surface area contributed by atoms with E-state index in [-0.39, 0.29) is 5.54 Å². The molecule has 92 valence electrons. The fourth-order valence-corrected chi connectivity index (χ4v) is 2.73. The van der Waals surface area contributed by atoms with Gasteiger partial charge in [0, 0.05) is 12.1 Å². The van der Waals surface area contributed by atoms with Crippen molar-refractivity contribution in [1.29, 1.82) is 0 Å². The molecule has 5 heteroatoms. The third-order valence-corrected chi connectivity index (χ3v) is 3.27. The number of ether oxygens (including phenoxy) is 1. The molecule has 0 radical (unpaired) electrons. The van der Waals surface area contributed by atoms with Gasteiger partial charge < -0.3 is 14.3 Å². The number of hydrogen-bond donors (Lipinski definition) is 1. The monoisotopic (exact) mass is 270 g/mol. The van der Waals surface area contributed by atoms with E-state index in [4.69, 9.17) is 28.6 Å². The zero-order valence-electron chi connectivity index (χ0n) is 10.1. The van der Waals surface area contributed by atoms with E-state index in [9.17, 15) is 0 Å². The van der Waals surface area contributed by atoms with Crippen LogP contribution in [0.3, 0.4) is 0 Å². The highest BCUT2D eigenvalue weighted by Gasteiger charge is 2.23. The van der Waals surface area contributed by atoms with Crippen molar-refractivity contribution in [2.75, 3.05) is 13.7 Å². The van der Waals surface area contributed by atoms with E-state index in [0.717, 1.165) is 11.0 Å². The van der Waals surface area contributed by atoms with Crippen LogP contribution in [0.2, 0.25) is 5.02 Å². The molecule has 0 saturated heterocycles. The minimum Gasteiger partial charge on any atom is -0.382 e. The highest BCUT2D eigenvalue weighted by Crippen LogP contribution is 2.25. The Labute approximate surface area is 110 Å².